The molecule has 0 radical (unpaired) electrons. The highest BCUT2D eigenvalue weighted by molar-refractivity contribution is 7.99. The van der Waals surface area contributed by atoms with Gasteiger partial charge in [-0.25, -0.2) is 0 Å². The van der Waals surface area contributed by atoms with Gasteiger partial charge < -0.3 is 24.4 Å². The molecule has 0 aliphatic carbocycles. The Balaban J connectivity index is 1.67. The maximum atomic E-state index is 13.0. The van der Waals surface area contributed by atoms with Gasteiger partial charge in [0.15, 0.2) is 11.5 Å². The predicted octanol–water partition coefficient (Wildman–Crippen LogP) is 3.80. The fraction of sp³-hybridized carbons (Fsp3) is 0.417. The lowest BCUT2D eigenvalue weighted by Crippen LogP contribution is -2.44. The number of amides is 2. The van der Waals surface area contributed by atoms with Crippen LogP contribution in [-0.2, 0) is 16.0 Å². The normalized spacial score (nSPS) is 15.4. The van der Waals surface area contributed by atoms with Crippen LogP contribution in [0.3, 0.4) is 0 Å². The molecule has 2 aromatic carbocycles. The Morgan fingerprint density at radius 1 is 1.03 bits per heavy atom. The second-order valence-electron chi connectivity index (χ2n) is 7.66. The first-order chi connectivity index (χ1) is 15.4. The first kappa shape index (κ1) is 23.8. The molecule has 2 amide bonds. The lowest BCUT2D eigenvalue weighted by atomic mass is 10.1. The summed E-state index contributed by atoms with van der Waals surface area (Å²) in [6.45, 7) is 4.04. The van der Waals surface area contributed by atoms with E-state index in [1.165, 1.54) is 5.56 Å². The molecule has 0 aromatic heterocycles. The molecule has 0 bridgehead atoms. The van der Waals surface area contributed by atoms with Gasteiger partial charge in [-0.3, -0.25) is 9.59 Å². The van der Waals surface area contributed by atoms with E-state index in [4.69, 9.17) is 14.2 Å². The first-order valence-corrected chi connectivity index (χ1v) is 11.6. The molecule has 32 heavy (non-hydrogen) atoms. The summed E-state index contributed by atoms with van der Waals surface area (Å²) in [7, 11) is 4.68. The second kappa shape index (κ2) is 10.6. The van der Waals surface area contributed by atoms with Gasteiger partial charge in [-0.05, 0) is 55.2 Å². The van der Waals surface area contributed by atoms with Crippen molar-refractivity contribution in [3.05, 3.63) is 47.0 Å². The minimum atomic E-state index is -0.485. The average Bonchev–Trinajstić information content (AvgIpc) is 3.29. The predicted molar refractivity (Wildman–Crippen MR) is 127 cm³/mol. The molecule has 1 fully saturated rings. The van der Waals surface area contributed by atoms with Gasteiger partial charge in [-0.2, -0.15) is 0 Å². The number of carbonyl (C=O) groups excluding carboxylic acids is 2. The number of benzene rings is 2. The number of aryl methyl sites for hydroxylation is 3. The Hall–Kier alpha value is -2.87. The number of nitrogens with zero attached hydrogens (tertiary/aromatic N) is 1. The summed E-state index contributed by atoms with van der Waals surface area (Å²) >= 11 is 1.59. The smallest absolute Gasteiger partial charge is 0.248 e. The Bertz CT molecular complexity index is 995. The molecule has 1 atom stereocenters. The third-order valence-corrected chi connectivity index (χ3v) is 6.69. The zero-order valence-corrected chi connectivity index (χ0v) is 20.0. The van der Waals surface area contributed by atoms with Gasteiger partial charge in [-0.1, -0.05) is 12.1 Å². The number of anilines is 1. The third-order valence-electron chi connectivity index (χ3n) is 5.67. The Labute approximate surface area is 193 Å². The molecule has 1 aliphatic rings. The van der Waals surface area contributed by atoms with E-state index in [1.54, 1.807) is 44.1 Å². The molecule has 1 N–H and O–H groups in total. The van der Waals surface area contributed by atoms with Gasteiger partial charge in [0.05, 0.1) is 27.2 Å². The third kappa shape index (κ3) is 5.12. The molecule has 8 heteroatoms. The number of methoxy groups -OCH3 is 3. The summed E-state index contributed by atoms with van der Waals surface area (Å²) in [5, 5.41) is 2.96. The maximum Gasteiger partial charge on any atom is 0.248 e. The van der Waals surface area contributed by atoms with Crippen molar-refractivity contribution in [2.45, 2.75) is 32.7 Å². The van der Waals surface area contributed by atoms with Crippen LogP contribution in [0, 0.1) is 13.8 Å². The van der Waals surface area contributed by atoms with Crippen LogP contribution in [0.25, 0.3) is 0 Å². The Morgan fingerprint density at radius 2 is 1.78 bits per heavy atom. The molecule has 1 unspecified atom stereocenters. The van der Waals surface area contributed by atoms with Crippen molar-refractivity contribution >= 4 is 29.3 Å². The molecular weight excluding hydrogens is 428 g/mol. The number of hydrogen-bond donors (Lipinski definition) is 1. The molecule has 1 saturated heterocycles. The highest BCUT2D eigenvalue weighted by Crippen LogP contribution is 2.40. The van der Waals surface area contributed by atoms with Gasteiger partial charge in [0.25, 0.3) is 0 Å². The Morgan fingerprint density at radius 3 is 2.44 bits per heavy atom. The van der Waals surface area contributed by atoms with Gasteiger partial charge >= 0.3 is 0 Å². The lowest BCUT2D eigenvalue weighted by Gasteiger charge is -2.23. The van der Waals surface area contributed by atoms with Crippen molar-refractivity contribution < 1.29 is 23.8 Å². The van der Waals surface area contributed by atoms with Crippen LogP contribution in [0.15, 0.2) is 30.3 Å². The van der Waals surface area contributed by atoms with Crippen molar-refractivity contribution in [3.8, 4) is 17.2 Å². The number of thioether (sulfide) groups is 1. The van der Waals surface area contributed by atoms with Crippen molar-refractivity contribution in [1.29, 1.82) is 0 Å². The summed E-state index contributed by atoms with van der Waals surface area (Å²) in [4.78, 5) is 27.5. The molecule has 1 heterocycles. The molecule has 0 saturated carbocycles. The summed E-state index contributed by atoms with van der Waals surface area (Å²) in [6.07, 6.45) is 0.731. The highest BCUT2D eigenvalue weighted by atomic mass is 32.2. The van der Waals surface area contributed by atoms with Gasteiger partial charge in [0.1, 0.15) is 6.04 Å². The van der Waals surface area contributed by atoms with E-state index in [9.17, 15) is 9.59 Å². The number of ether oxygens (including phenoxy) is 3. The van der Waals surface area contributed by atoms with E-state index in [1.807, 2.05) is 38.1 Å². The van der Waals surface area contributed by atoms with Crippen molar-refractivity contribution in [2.75, 3.05) is 38.3 Å². The number of nitrogens with one attached hydrogen (secondary N) is 1. The van der Waals surface area contributed by atoms with E-state index in [2.05, 4.69) is 5.32 Å². The second-order valence-corrected chi connectivity index (χ2v) is 8.66. The van der Waals surface area contributed by atoms with Crippen molar-refractivity contribution in [3.63, 3.8) is 0 Å². The van der Waals surface area contributed by atoms with E-state index >= 15 is 0 Å². The Kier molecular flexibility index (Phi) is 7.90. The van der Waals surface area contributed by atoms with Crippen LogP contribution in [0.4, 0.5) is 5.69 Å². The SMILES string of the molecule is COc1ccc(CCC(=O)N2CSCC2C(=O)Nc2ccc(C)c(C)c2)c(OC)c1OC. The van der Waals surface area contributed by atoms with Crippen molar-refractivity contribution in [1.82, 2.24) is 4.90 Å². The fourth-order valence-corrected chi connectivity index (χ4v) is 4.88. The number of rotatable bonds is 8. The van der Waals surface area contributed by atoms with Crippen LogP contribution in [0.1, 0.15) is 23.1 Å². The van der Waals surface area contributed by atoms with E-state index < -0.39 is 6.04 Å². The highest BCUT2D eigenvalue weighted by Gasteiger charge is 2.34. The van der Waals surface area contributed by atoms with Crippen molar-refractivity contribution in [2.24, 2.45) is 0 Å². The quantitative estimate of drug-likeness (QED) is 0.648. The summed E-state index contributed by atoms with van der Waals surface area (Å²) in [6, 6.07) is 9.00. The van der Waals surface area contributed by atoms with Gasteiger partial charge in [-0.15, -0.1) is 11.8 Å². The topological polar surface area (TPSA) is 77.1 Å². The van der Waals surface area contributed by atoms with Gasteiger partial charge in [0.2, 0.25) is 17.6 Å². The minimum absolute atomic E-state index is 0.0629. The molecule has 172 valence electrons. The zero-order valence-electron chi connectivity index (χ0n) is 19.2. The standard InChI is InChI=1S/C24H30N2O5S/c1-15-6-9-18(12-16(15)2)25-24(28)19-13-32-14-26(19)21(27)11-8-17-7-10-20(29-3)23(31-5)22(17)30-4/h6-7,9-10,12,19H,8,11,13-14H2,1-5H3,(H,25,28). The van der Waals surface area contributed by atoms with Crippen LogP contribution in [0.5, 0.6) is 17.2 Å². The van der Waals surface area contributed by atoms with E-state index in [0.717, 1.165) is 16.8 Å². The fourth-order valence-electron chi connectivity index (χ4n) is 3.70. The van der Waals surface area contributed by atoms with Gasteiger partial charge in [0, 0.05) is 17.9 Å². The molecule has 2 aromatic rings. The largest absolute Gasteiger partial charge is 0.493 e. The van der Waals surface area contributed by atoms with E-state index in [-0.39, 0.29) is 18.2 Å². The maximum absolute atomic E-state index is 13.0. The first-order valence-electron chi connectivity index (χ1n) is 10.4. The lowest BCUT2D eigenvalue weighted by molar-refractivity contribution is -0.136. The number of hydrogen-bond acceptors (Lipinski definition) is 6. The monoisotopic (exact) mass is 458 g/mol. The molecule has 1 aliphatic heterocycles. The summed E-state index contributed by atoms with van der Waals surface area (Å²) in [5.74, 6) is 2.50. The van der Waals surface area contributed by atoms with Crippen LogP contribution < -0.4 is 19.5 Å². The average molecular weight is 459 g/mol. The van der Waals surface area contributed by atoms with Crippen LogP contribution in [0.2, 0.25) is 0 Å². The van der Waals surface area contributed by atoms with Crippen LogP contribution in [-0.4, -0.2) is 55.7 Å². The molecule has 3 rings (SSSR count). The molecular formula is C24H30N2O5S. The number of carbonyl (C=O) groups is 2. The summed E-state index contributed by atoms with van der Waals surface area (Å²) in [5.41, 5.74) is 3.88. The molecule has 0 spiro atoms. The zero-order chi connectivity index (χ0) is 23.3. The van der Waals surface area contributed by atoms with Crippen LogP contribution >= 0.6 is 11.8 Å². The summed E-state index contributed by atoms with van der Waals surface area (Å²) < 4.78 is 16.3. The van der Waals surface area contributed by atoms with E-state index in [0.29, 0.717) is 35.3 Å². The minimum Gasteiger partial charge on any atom is -0.493 e. The molecule has 7 nitrogen and oxygen atoms in total.